The molecule has 2 N–H and O–H groups in total. The first-order chi connectivity index (χ1) is 10.8. The van der Waals surface area contributed by atoms with Crippen LogP contribution in [0.25, 0.3) is 10.9 Å². The normalized spacial score (nSPS) is 11.5. The number of benzene rings is 1. The fourth-order valence-corrected chi connectivity index (χ4v) is 2.52. The number of nitrogens with zero attached hydrogens (tertiary/aromatic N) is 1. The Kier molecular flexibility index (Phi) is 4.99. The molecule has 0 saturated carbocycles. The molecule has 8 nitrogen and oxygen atoms in total. The van der Waals surface area contributed by atoms with Gasteiger partial charge in [0, 0.05) is 18.5 Å². The second kappa shape index (κ2) is 6.62. The number of hydrogen-bond donors (Lipinski definition) is 2. The van der Waals surface area contributed by atoms with Gasteiger partial charge in [0.1, 0.15) is 12.3 Å². The molecule has 1 aromatic heterocycles. The highest BCUT2D eigenvalue weighted by Crippen LogP contribution is 2.34. The zero-order valence-electron chi connectivity index (χ0n) is 13.0. The van der Waals surface area contributed by atoms with Crippen LogP contribution in [0, 0.1) is 0 Å². The van der Waals surface area contributed by atoms with E-state index < -0.39 is 19.7 Å². The predicted octanol–water partition coefficient (Wildman–Crippen LogP) is 1.53. The molecule has 1 heterocycles. The molecule has 0 saturated heterocycles. The lowest BCUT2D eigenvalue weighted by Gasteiger charge is -2.09. The number of carbonyl (C=O) groups excluding carboxylic acids is 1. The van der Waals surface area contributed by atoms with Gasteiger partial charge in [-0.05, 0) is 12.1 Å². The van der Waals surface area contributed by atoms with Gasteiger partial charge >= 0.3 is 13.6 Å². The second-order valence-corrected chi connectivity index (χ2v) is 6.66. The lowest BCUT2D eigenvalue weighted by molar-refractivity contribution is 0.0515. The quantitative estimate of drug-likeness (QED) is 0.605. The third-order valence-corrected chi connectivity index (χ3v) is 4.14. The summed E-state index contributed by atoms with van der Waals surface area (Å²) in [4.78, 5) is 29.6. The molecule has 0 unspecified atom stereocenters. The lowest BCUT2D eigenvalue weighted by atomic mass is 10.2. The summed E-state index contributed by atoms with van der Waals surface area (Å²) in [5.74, 6) is 0.407. The molecule has 2 aromatic rings. The van der Waals surface area contributed by atoms with Crippen molar-refractivity contribution in [2.45, 2.75) is 0 Å². The first-order valence-corrected chi connectivity index (χ1v) is 8.49. The largest absolute Gasteiger partial charge is 0.493 e. The van der Waals surface area contributed by atoms with Crippen LogP contribution >= 0.6 is 7.60 Å². The summed E-state index contributed by atoms with van der Waals surface area (Å²) in [6.45, 7) is -0.350. The van der Waals surface area contributed by atoms with Gasteiger partial charge in [-0.1, -0.05) is 0 Å². The minimum Gasteiger partial charge on any atom is -0.493 e. The van der Waals surface area contributed by atoms with Crippen LogP contribution in [0.3, 0.4) is 0 Å². The zero-order valence-corrected chi connectivity index (χ0v) is 13.9. The first kappa shape index (κ1) is 17.3. The molecule has 2 rings (SSSR count). The van der Waals surface area contributed by atoms with Crippen LogP contribution in [0.1, 0.15) is 10.5 Å². The molecule has 0 amide bonds. The molecule has 0 radical (unpaired) electrons. The molecule has 0 aliphatic carbocycles. The number of esters is 1. The molecular weight excluding hydrogens is 325 g/mol. The van der Waals surface area contributed by atoms with E-state index in [1.165, 1.54) is 14.2 Å². The molecule has 0 aliphatic heterocycles. The van der Waals surface area contributed by atoms with E-state index in [1.807, 2.05) is 0 Å². The minimum absolute atomic E-state index is 0.265. The standard InChI is InChI=1S/C14H18NO7P/c1-15-10-8-13(21-3)12(20-2)7-9(10)6-11(15)14(16)22-4-5-23(17,18)19/h6-8H,4-5H2,1-3H3,(H2,17,18,19). The maximum absolute atomic E-state index is 12.1. The van der Waals surface area contributed by atoms with Crippen LogP contribution in [0.2, 0.25) is 0 Å². The monoisotopic (exact) mass is 343 g/mol. The molecular formula is C14H18NO7P. The molecule has 9 heteroatoms. The van der Waals surface area contributed by atoms with E-state index in [0.717, 1.165) is 10.9 Å². The van der Waals surface area contributed by atoms with E-state index in [4.69, 9.17) is 24.0 Å². The number of rotatable bonds is 6. The van der Waals surface area contributed by atoms with Crippen LogP contribution in [-0.4, -0.2) is 47.3 Å². The molecule has 0 bridgehead atoms. The van der Waals surface area contributed by atoms with Crippen LogP contribution in [0.5, 0.6) is 11.5 Å². The van der Waals surface area contributed by atoms with E-state index in [0.29, 0.717) is 11.5 Å². The van der Waals surface area contributed by atoms with E-state index in [9.17, 15) is 9.36 Å². The van der Waals surface area contributed by atoms with Crippen molar-refractivity contribution in [2.75, 3.05) is 27.0 Å². The van der Waals surface area contributed by atoms with Crippen molar-refractivity contribution in [1.82, 2.24) is 4.57 Å². The van der Waals surface area contributed by atoms with Gasteiger partial charge in [0.25, 0.3) is 0 Å². The van der Waals surface area contributed by atoms with E-state index in [1.54, 1.807) is 29.8 Å². The fraction of sp³-hybridized carbons (Fsp3) is 0.357. The third-order valence-electron chi connectivity index (χ3n) is 3.37. The van der Waals surface area contributed by atoms with Crippen molar-refractivity contribution in [3.63, 3.8) is 0 Å². The second-order valence-electron chi connectivity index (χ2n) is 4.88. The van der Waals surface area contributed by atoms with E-state index in [2.05, 4.69) is 0 Å². The van der Waals surface area contributed by atoms with E-state index >= 15 is 0 Å². The first-order valence-electron chi connectivity index (χ1n) is 6.70. The highest BCUT2D eigenvalue weighted by Gasteiger charge is 2.19. The van der Waals surface area contributed by atoms with Gasteiger partial charge in [-0.2, -0.15) is 0 Å². The van der Waals surface area contributed by atoms with Crippen LogP contribution in [0.4, 0.5) is 0 Å². The lowest BCUT2D eigenvalue weighted by Crippen LogP contribution is -2.12. The average Bonchev–Trinajstić information content (AvgIpc) is 2.81. The summed E-state index contributed by atoms with van der Waals surface area (Å²) in [6.07, 6.45) is -0.510. The molecule has 0 spiro atoms. The van der Waals surface area contributed by atoms with Crippen molar-refractivity contribution >= 4 is 24.5 Å². The summed E-state index contributed by atoms with van der Waals surface area (Å²) in [7, 11) is 0.532. The van der Waals surface area contributed by atoms with Crippen molar-refractivity contribution in [3.8, 4) is 11.5 Å². The molecule has 23 heavy (non-hydrogen) atoms. The van der Waals surface area contributed by atoms with Gasteiger partial charge < -0.3 is 28.6 Å². The minimum atomic E-state index is -4.19. The number of fused-ring (bicyclic) bond motifs is 1. The maximum Gasteiger partial charge on any atom is 0.354 e. The molecule has 1 aromatic carbocycles. The number of ether oxygens (including phenoxy) is 3. The molecule has 0 fully saturated rings. The van der Waals surface area contributed by atoms with Crippen molar-refractivity contribution in [1.29, 1.82) is 0 Å². The Morgan fingerprint density at radius 1 is 1.17 bits per heavy atom. The Morgan fingerprint density at radius 3 is 2.35 bits per heavy atom. The van der Waals surface area contributed by atoms with Gasteiger partial charge in [-0.15, -0.1) is 0 Å². The summed E-state index contributed by atoms with van der Waals surface area (Å²) < 4.78 is 27.8. The molecule has 0 aliphatic rings. The van der Waals surface area contributed by atoms with Gasteiger partial charge in [0.05, 0.1) is 25.9 Å². The fourth-order valence-electron chi connectivity index (χ4n) is 2.19. The number of hydrogen-bond acceptors (Lipinski definition) is 5. The van der Waals surface area contributed by atoms with Crippen LogP contribution < -0.4 is 9.47 Å². The van der Waals surface area contributed by atoms with Gasteiger partial charge in [-0.25, -0.2) is 4.79 Å². The summed E-state index contributed by atoms with van der Waals surface area (Å²) in [6, 6.07) is 5.10. The highest BCUT2D eigenvalue weighted by molar-refractivity contribution is 7.51. The Hall–Kier alpha value is -2.02. The Bertz CT molecular complexity index is 777. The topological polar surface area (TPSA) is 107 Å². The van der Waals surface area contributed by atoms with E-state index in [-0.39, 0.29) is 12.3 Å². The van der Waals surface area contributed by atoms with Gasteiger partial charge in [0.2, 0.25) is 0 Å². The Balaban J connectivity index is 2.29. The third kappa shape index (κ3) is 3.85. The molecule has 126 valence electrons. The Morgan fingerprint density at radius 2 is 1.78 bits per heavy atom. The number of carbonyl (C=O) groups is 1. The number of methoxy groups -OCH3 is 2. The van der Waals surface area contributed by atoms with Crippen molar-refractivity contribution in [3.05, 3.63) is 23.9 Å². The summed E-state index contributed by atoms with van der Waals surface area (Å²) in [5, 5.41) is 0.757. The molecule has 0 atom stereocenters. The van der Waals surface area contributed by atoms with Crippen LogP contribution in [0.15, 0.2) is 18.2 Å². The predicted molar refractivity (Wildman–Crippen MR) is 83.2 cm³/mol. The summed E-state index contributed by atoms with van der Waals surface area (Å²) in [5.41, 5.74) is 1.01. The smallest absolute Gasteiger partial charge is 0.354 e. The highest BCUT2D eigenvalue weighted by atomic mass is 31.2. The summed E-state index contributed by atoms with van der Waals surface area (Å²) >= 11 is 0. The Labute approximate surface area is 132 Å². The van der Waals surface area contributed by atoms with Gasteiger partial charge in [-0.3, -0.25) is 4.57 Å². The maximum atomic E-state index is 12.1. The average molecular weight is 343 g/mol. The SMILES string of the molecule is COc1cc2cc(C(=O)OCCP(=O)(O)O)n(C)c2cc1OC. The van der Waals surface area contributed by atoms with Crippen LogP contribution in [-0.2, 0) is 16.3 Å². The number of aromatic nitrogens is 1. The zero-order chi connectivity index (χ0) is 17.2. The van der Waals surface area contributed by atoms with Crippen molar-refractivity contribution in [2.24, 2.45) is 7.05 Å². The van der Waals surface area contributed by atoms with Crippen molar-refractivity contribution < 1.29 is 33.4 Å². The number of aryl methyl sites for hydroxylation is 1. The van der Waals surface area contributed by atoms with Gasteiger partial charge in [0.15, 0.2) is 11.5 Å².